The van der Waals surface area contributed by atoms with Crippen molar-refractivity contribution in [2.45, 2.75) is 18.5 Å². The molecule has 1 saturated heterocycles. The first-order valence-corrected chi connectivity index (χ1v) is 9.24. The Labute approximate surface area is 146 Å². The molecule has 6 nitrogen and oxygen atoms in total. The van der Waals surface area contributed by atoms with E-state index in [1.54, 1.807) is 36.3 Å². The van der Waals surface area contributed by atoms with Gasteiger partial charge >= 0.3 is 0 Å². The van der Waals surface area contributed by atoms with E-state index in [4.69, 9.17) is 0 Å². The van der Waals surface area contributed by atoms with Crippen LogP contribution in [0.2, 0.25) is 0 Å². The van der Waals surface area contributed by atoms with Gasteiger partial charge in [-0.15, -0.1) is 0 Å². The Hall–Kier alpha value is -2.15. The van der Waals surface area contributed by atoms with Gasteiger partial charge in [0.25, 0.3) is 5.91 Å². The normalized spacial score (nSPS) is 15.2. The minimum Gasteiger partial charge on any atom is -0.355 e. The van der Waals surface area contributed by atoms with Gasteiger partial charge in [-0.25, -0.2) is 9.97 Å². The highest BCUT2D eigenvalue weighted by Crippen LogP contribution is 2.19. The van der Waals surface area contributed by atoms with Gasteiger partial charge in [-0.3, -0.25) is 9.78 Å². The van der Waals surface area contributed by atoms with E-state index in [-0.39, 0.29) is 5.91 Å². The van der Waals surface area contributed by atoms with E-state index in [2.05, 4.69) is 19.9 Å². The van der Waals surface area contributed by atoms with Gasteiger partial charge in [0.1, 0.15) is 5.82 Å². The van der Waals surface area contributed by atoms with Crippen LogP contribution in [0.4, 0.5) is 5.82 Å². The molecule has 3 rings (SSSR count). The van der Waals surface area contributed by atoms with Gasteiger partial charge in [0, 0.05) is 55.9 Å². The first kappa shape index (κ1) is 16.7. The molecule has 0 atom stereocenters. The van der Waals surface area contributed by atoms with Crippen molar-refractivity contribution in [1.82, 2.24) is 19.9 Å². The Morgan fingerprint density at radius 3 is 2.67 bits per heavy atom. The summed E-state index contributed by atoms with van der Waals surface area (Å²) in [4.78, 5) is 29.8. The molecule has 0 spiro atoms. The molecule has 0 N–H and O–H groups in total. The van der Waals surface area contributed by atoms with Crippen LogP contribution in [0.5, 0.6) is 0 Å². The molecule has 1 amide bonds. The van der Waals surface area contributed by atoms with Crippen molar-refractivity contribution in [2.24, 2.45) is 0 Å². The third-order valence-corrected chi connectivity index (χ3v) is 4.58. The molecule has 1 aliphatic rings. The quantitative estimate of drug-likeness (QED) is 0.629. The summed E-state index contributed by atoms with van der Waals surface area (Å²) in [6.07, 6.45) is 6.22. The Morgan fingerprint density at radius 1 is 1.12 bits per heavy atom. The lowest BCUT2D eigenvalue weighted by molar-refractivity contribution is 0.0767. The fourth-order valence-corrected chi connectivity index (χ4v) is 3.23. The van der Waals surface area contributed by atoms with Crippen molar-refractivity contribution in [3.63, 3.8) is 0 Å². The number of pyridine rings is 1. The third kappa shape index (κ3) is 3.84. The summed E-state index contributed by atoms with van der Waals surface area (Å²) in [6.45, 7) is 5.11. The number of aromatic nitrogens is 3. The zero-order chi connectivity index (χ0) is 16.9. The van der Waals surface area contributed by atoms with Crippen LogP contribution in [-0.2, 0) is 0 Å². The largest absolute Gasteiger partial charge is 0.355 e. The Kier molecular flexibility index (Phi) is 5.30. The molecular weight excluding hydrogens is 322 g/mol. The van der Waals surface area contributed by atoms with E-state index in [1.165, 1.54) is 0 Å². The van der Waals surface area contributed by atoms with Crippen molar-refractivity contribution in [1.29, 1.82) is 0 Å². The van der Waals surface area contributed by atoms with Crippen molar-refractivity contribution in [3.8, 4) is 0 Å². The molecule has 3 heterocycles. The van der Waals surface area contributed by atoms with Crippen LogP contribution in [0.1, 0.15) is 22.5 Å². The monoisotopic (exact) mass is 343 g/mol. The number of aryl methyl sites for hydroxylation is 1. The van der Waals surface area contributed by atoms with Crippen LogP contribution >= 0.6 is 11.8 Å². The molecule has 0 bridgehead atoms. The van der Waals surface area contributed by atoms with Crippen LogP contribution in [0.3, 0.4) is 0 Å². The topological polar surface area (TPSA) is 62.2 Å². The SMILES string of the molecule is CSc1nc(C)cc(N2CCCN(C(=O)c3ccncc3)CC2)n1. The lowest BCUT2D eigenvalue weighted by atomic mass is 10.2. The van der Waals surface area contributed by atoms with Gasteiger partial charge in [-0.05, 0) is 31.7 Å². The average Bonchev–Trinajstić information content (AvgIpc) is 2.87. The van der Waals surface area contributed by atoms with Crippen molar-refractivity contribution in [2.75, 3.05) is 37.3 Å². The zero-order valence-corrected chi connectivity index (χ0v) is 14.8. The molecular formula is C17H21N5OS. The summed E-state index contributed by atoms with van der Waals surface area (Å²) < 4.78 is 0. The Balaban J connectivity index is 1.71. The average molecular weight is 343 g/mol. The number of hydrogen-bond donors (Lipinski definition) is 0. The second-order valence-electron chi connectivity index (χ2n) is 5.72. The van der Waals surface area contributed by atoms with Crippen molar-refractivity contribution in [3.05, 3.63) is 41.9 Å². The van der Waals surface area contributed by atoms with E-state index in [0.29, 0.717) is 12.1 Å². The van der Waals surface area contributed by atoms with Crippen molar-refractivity contribution >= 4 is 23.5 Å². The molecule has 0 radical (unpaired) electrons. The molecule has 126 valence electrons. The minimum absolute atomic E-state index is 0.0721. The molecule has 0 aliphatic carbocycles. The van der Waals surface area contributed by atoms with Crippen LogP contribution in [0, 0.1) is 6.92 Å². The van der Waals surface area contributed by atoms with Gasteiger partial charge in [0.15, 0.2) is 5.16 Å². The number of carbonyl (C=O) groups excluding carboxylic acids is 1. The lowest BCUT2D eigenvalue weighted by Crippen LogP contribution is -2.35. The molecule has 0 aromatic carbocycles. The summed E-state index contributed by atoms with van der Waals surface area (Å²) >= 11 is 1.55. The molecule has 0 unspecified atom stereocenters. The second-order valence-corrected chi connectivity index (χ2v) is 6.50. The van der Waals surface area contributed by atoms with Crippen molar-refractivity contribution < 1.29 is 4.79 Å². The maximum Gasteiger partial charge on any atom is 0.254 e. The summed E-state index contributed by atoms with van der Waals surface area (Å²) in [6, 6.07) is 5.55. The predicted molar refractivity (Wildman–Crippen MR) is 95.5 cm³/mol. The van der Waals surface area contributed by atoms with Gasteiger partial charge < -0.3 is 9.80 Å². The first-order chi connectivity index (χ1) is 11.7. The maximum atomic E-state index is 12.6. The van der Waals surface area contributed by atoms with Crippen LogP contribution in [-0.4, -0.2) is 58.2 Å². The molecule has 2 aromatic heterocycles. The highest BCUT2D eigenvalue weighted by Gasteiger charge is 2.21. The maximum absolute atomic E-state index is 12.6. The second kappa shape index (κ2) is 7.61. The van der Waals surface area contributed by atoms with E-state index in [1.807, 2.05) is 24.1 Å². The molecule has 2 aromatic rings. The van der Waals surface area contributed by atoms with Crippen LogP contribution < -0.4 is 4.90 Å². The first-order valence-electron chi connectivity index (χ1n) is 8.01. The summed E-state index contributed by atoms with van der Waals surface area (Å²) in [5.74, 6) is 1.02. The molecule has 1 fully saturated rings. The highest BCUT2D eigenvalue weighted by molar-refractivity contribution is 7.98. The minimum atomic E-state index is 0.0721. The standard InChI is InChI=1S/C17H21N5OS/c1-13-12-15(20-17(19-13)24-2)21-8-3-9-22(11-10-21)16(23)14-4-6-18-7-5-14/h4-7,12H,3,8-11H2,1-2H3. The Morgan fingerprint density at radius 2 is 1.92 bits per heavy atom. The number of nitrogens with zero attached hydrogens (tertiary/aromatic N) is 5. The van der Waals surface area contributed by atoms with E-state index in [0.717, 1.165) is 42.7 Å². The van der Waals surface area contributed by atoms with E-state index in [9.17, 15) is 4.79 Å². The molecule has 7 heteroatoms. The fraction of sp³-hybridized carbons (Fsp3) is 0.412. The fourth-order valence-electron chi connectivity index (χ4n) is 2.81. The van der Waals surface area contributed by atoms with Crippen LogP contribution in [0.15, 0.2) is 35.7 Å². The summed E-state index contributed by atoms with van der Waals surface area (Å²) in [5.41, 5.74) is 1.67. The number of rotatable bonds is 3. The van der Waals surface area contributed by atoms with Gasteiger partial charge in [-0.1, -0.05) is 11.8 Å². The van der Waals surface area contributed by atoms with Crippen LogP contribution in [0.25, 0.3) is 0 Å². The summed E-state index contributed by atoms with van der Waals surface area (Å²) in [5, 5.41) is 0.791. The lowest BCUT2D eigenvalue weighted by Gasteiger charge is -2.23. The number of carbonyl (C=O) groups is 1. The molecule has 0 saturated carbocycles. The molecule has 24 heavy (non-hydrogen) atoms. The zero-order valence-electron chi connectivity index (χ0n) is 14.0. The third-order valence-electron chi connectivity index (χ3n) is 4.04. The predicted octanol–water partition coefficient (Wildman–Crippen LogP) is 2.25. The number of anilines is 1. The molecule has 1 aliphatic heterocycles. The smallest absolute Gasteiger partial charge is 0.254 e. The van der Waals surface area contributed by atoms with Gasteiger partial charge in [0.05, 0.1) is 0 Å². The van der Waals surface area contributed by atoms with Gasteiger partial charge in [-0.2, -0.15) is 0 Å². The summed E-state index contributed by atoms with van der Waals surface area (Å²) in [7, 11) is 0. The number of amides is 1. The number of thioether (sulfide) groups is 1. The number of hydrogen-bond acceptors (Lipinski definition) is 6. The van der Waals surface area contributed by atoms with E-state index >= 15 is 0 Å². The van der Waals surface area contributed by atoms with E-state index < -0.39 is 0 Å². The highest BCUT2D eigenvalue weighted by atomic mass is 32.2. The Bertz CT molecular complexity index is 709. The van der Waals surface area contributed by atoms with Gasteiger partial charge in [0.2, 0.25) is 0 Å².